The van der Waals surface area contributed by atoms with Crippen molar-refractivity contribution in [2.75, 3.05) is 0 Å². The van der Waals surface area contributed by atoms with Crippen molar-refractivity contribution in [1.29, 1.82) is 0 Å². The number of nitrogens with zero attached hydrogens (tertiary/aromatic N) is 2. The van der Waals surface area contributed by atoms with Crippen LogP contribution in [0.25, 0.3) is 0 Å². The molecule has 1 aromatic heterocycles. The highest BCUT2D eigenvalue weighted by Gasteiger charge is 2.20. The lowest BCUT2D eigenvalue weighted by atomic mass is 10.1. The highest BCUT2D eigenvalue weighted by atomic mass is 32.1. The van der Waals surface area contributed by atoms with Crippen molar-refractivity contribution in [1.82, 2.24) is 0 Å². The van der Waals surface area contributed by atoms with Crippen LogP contribution in [0.1, 0.15) is 24.3 Å². The zero-order valence-electron chi connectivity index (χ0n) is 6.40. The lowest BCUT2D eigenvalue weighted by molar-refractivity contribution is 0.678. The molecular formula is C8H10N2S. The molecule has 0 fully saturated rings. The van der Waals surface area contributed by atoms with Crippen LogP contribution in [0.5, 0.6) is 0 Å². The Kier molecular flexibility index (Phi) is 1.74. The molecule has 0 spiro atoms. The molecule has 58 valence electrons. The first-order chi connectivity index (χ1) is 5.36. The van der Waals surface area contributed by atoms with Gasteiger partial charge in [0.25, 0.3) is 0 Å². The molecule has 1 aliphatic rings. The average Bonchev–Trinajstić information content (AvgIpc) is 2.55. The Morgan fingerprint density at radius 3 is 3.00 bits per heavy atom. The monoisotopic (exact) mass is 166 g/mol. The standard InChI is InChI=1S/C8H10N2S/c1-6-5-7(10-9-6)8-3-2-4-11-8/h2-4,6-7H,5H2,1H3. The first kappa shape index (κ1) is 6.98. The normalized spacial score (nSPS) is 29.5. The van der Waals surface area contributed by atoms with E-state index in [1.165, 1.54) is 4.88 Å². The summed E-state index contributed by atoms with van der Waals surface area (Å²) in [6.07, 6.45) is 1.08. The van der Waals surface area contributed by atoms with Gasteiger partial charge in [-0.1, -0.05) is 6.07 Å². The van der Waals surface area contributed by atoms with Crippen molar-refractivity contribution in [2.24, 2.45) is 10.2 Å². The highest BCUT2D eigenvalue weighted by molar-refractivity contribution is 7.10. The third-order valence-corrected chi connectivity index (χ3v) is 2.81. The average molecular weight is 166 g/mol. The topological polar surface area (TPSA) is 24.7 Å². The molecule has 0 radical (unpaired) electrons. The van der Waals surface area contributed by atoms with Crippen LogP contribution in [0.2, 0.25) is 0 Å². The molecular weight excluding hydrogens is 156 g/mol. The van der Waals surface area contributed by atoms with Crippen molar-refractivity contribution < 1.29 is 0 Å². The van der Waals surface area contributed by atoms with Gasteiger partial charge in [-0.3, -0.25) is 0 Å². The highest BCUT2D eigenvalue weighted by Crippen LogP contribution is 2.32. The van der Waals surface area contributed by atoms with Crippen molar-refractivity contribution in [2.45, 2.75) is 25.4 Å². The van der Waals surface area contributed by atoms with Gasteiger partial charge in [0.15, 0.2) is 0 Å². The molecule has 0 amide bonds. The molecule has 0 N–H and O–H groups in total. The quantitative estimate of drug-likeness (QED) is 0.612. The molecule has 0 saturated heterocycles. The Hall–Kier alpha value is -0.700. The fraction of sp³-hybridized carbons (Fsp3) is 0.500. The molecule has 2 atom stereocenters. The molecule has 0 aliphatic carbocycles. The third kappa shape index (κ3) is 1.33. The molecule has 0 aromatic carbocycles. The largest absolute Gasteiger partial charge is 0.190 e. The molecule has 0 saturated carbocycles. The maximum atomic E-state index is 4.19. The smallest absolute Gasteiger partial charge is 0.107 e. The number of hydrogen-bond acceptors (Lipinski definition) is 3. The number of hydrogen-bond donors (Lipinski definition) is 0. The van der Waals surface area contributed by atoms with Crippen LogP contribution in [-0.2, 0) is 0 Å². The summed E-state index contributed by atoms with van der Waals surface area (Å²) in [6, 6.07) is 4.97. The summed E-state index contributed by atoms with van der Waals surface area (Å²) in [5.41, 5.74) is 0. The van der Waals surface area contributed by atoms with Crippen LogP contribution in [0.3, 0.4) is 0 Å². The fourth-order valence-corrected chi connectivity index (χ4v) is 2.04. The van der Waals surface area contributed by atoms with E-state index < -0.39 is 0 Å². The van der Waals surface area contributed by atoms with Crippen LogP contribution in [-0.4, -0.2) is 6.04 Å². The molecule has 3 heteroatoms. The molecule has 2 unspecified atom stereocenters. The summed E-state index contributed by atoms with van der Waals surface area (Å²) in [5.74, 6) is 0. The lowest BCUT2D eigenvalue weighted by Gasteiger charge is -2.00. The second kappa shape index (κ2) is 2.74. The lowest BCUT2D eigenvalue weighted by Crippen LogP contribution is -1.94. The fourth-order valence-electron chi connectivity index (χ4n) is 1.27. The van der Waals surface area contributed by atoms with Crippen molar-refractivity contribution in [3.63, 3.8) is 0 Å². The van der Waals surface area contributed by atoms with Gasteiger partial charge >= 0.3 is 0 Å². The summed E-state index contributed by atoms with van der Waals surface area (Å²) < 4.78 is 0. The van der Waals surface area contributed by atoms with Crippen LogP contribution in [0.15, 0.2) is 27.7 Å². The van der Waals surface area contributed by atoms with E-state index in [0.29, 0.717) is 12.1 Å². The molecule has 2 heterocycles. The Bertz CT molecular complexity index is 253. The van der Waals surface area contributed by atoms with Crippen molar-refractivity contribution in [3.8, 4) is 0 Å². The predicted molar refractivity (Wildman–Crippen MR) is 46.0 cm³/mol. The second-order valence-corrected chi connectivity index (χ2v) is 3.83. The van der Waals surface area contributed by atoms with Gasteiger partial charge in [0, 0.05) is 11.3 Å². The molecule has 2 nitrogen and oxygen atoms in total. The Morgan fingerprint density at radius 1 is 1.55 bits per heavy atom. The molecule has 11 heavy (non-hydrogen) atoms. The maximum absolute atomic E-state index is 4.19. The van der Waals surface area contributed by atoms with Gasteiger partial charge in [0.1, 0.15) is 6.04 Å². The van der Waals surface area contributed by atoms with Gasteiger partial charge < -0.3 is 0 Å². The van der Waals surface area contributed by atoms with Crippen molar-refractivity contribution >= 4 is 11.3 Å². The zero-order chi connectivity index (χ0) is 7.68. The summed E-state index contributed by atoms with van der Waals surface area (Å²) in [4.78, 5) is 1.35. The van der Waals surface area contributed by atoms with Gasteiger partial charge in [0.2, 0.25) is 0 Å². The molecule has 1 aromatic rings. The van der Waals surface area contributed by atoms with E-state index >= 15 is 0 Å². The van der Waals surface area contributed by atoms with E-state index in [2.05, 4.69) is 34.7 Å². The van der Waals surface area contributed by atoms with E-state index in [1.54, 1.807) is 11.3 Å². The Morgan fingerprint density at radius 2 is 2.45 bits per heavy atom. The molecule has 2 rings (SSSR count). The number of thiophene rings is 1. The number of azo groups is 1. The third-order valence-electron chi connectivity index (χ3n) is 1.84. The van der Waals surface area contributed by atoms with E-state index in [9.17, 15) is 0 Å². The summed E-state index contributed by atoms with van der Waals surface area (Å²) >= 11 is 1.77. The van der Waals surface area contributed by atoms with Crippen LogP contribution >= 0.6 is 11.3 Å². The van der Waals surface area contributed by atoms with Gasteiger partial charge in [-0.25, -0.2) is 0 Å². The Balaban J connectivity index is 2.15. The van der Waals surface area contributed by atoms with Crippen LogP contribution in [0.4, 0.5) is 0 Å². The second-order valence-electron chi connectivity index (χ2n) is 2.85. The SMILES string of the molecule is CC1CC(c2cccs2)N=N1. The zero-order valence-corrected chi connectivity index (χ0v) is 7.21. The minimum atomic E-state index is 0.352. The van der Waals surface area contributed by atoms with Crippen LogP contribution < -0.4 is 0 Å². The summed E-state index contributed by atoms with van der Waals surface area (Å²) in [5, 5.41) is 10.4. The number of rotatable bonds is 1. The molecule has 0 bridgehead atoms. The minimum Gasteiger partial charge on any atom is -0.190 e. The van der Waals surface area contributed by atoms with E-state index in [1.807, 2.05) is 0 Å². The van der Waals surface area contributed by atoms with Gasteiger partial charge in [0.05, 0.1) is 6.04 Å². The van der Waals surface area contributed by atoms with Gasteiger partial charge in [-0.2, -0.15) is 10.2 Å². The van der Waals surface area contributed by atoms with E-state index in [4.69, 9.17) is 0 Å². The summed E-state index contributed by atoms with van der Waals surface area (Å²) in [6.45, 7) is 2.11. The first-order valence-corrected chi connectivity index (χ1v) is 4.67. The minimum absolute atomic E-state index is 0.352. The van der Waals surface area contributed by atoms with Gasteiger partial charge in [-0.05, 0) is 18.4 Å². The Labute approximate surface area is 70.0 Å². The van der Waals surface area contributed by atoms with Crippen LogP contribution in [0, 0.1) is 0 Å². The predicted octanol–water partition coefficient (Wildman–Crippen LogP) is 3.03. The van der Waals surface area contributed by atoms with Crippen molar-refractivity contribution in [3.05, 3.63) is 22.4 Å². The maximum Gasteiger partial charge on any atom is 0.107 e. The van der Waals surface area contributed by atoms with Gasteiger partial charge in [-0.15, -0.1) is 11.3 Å². The van der Waals surface area contributed by atoms with E-state index in [0.717, 1.165) is 6.42 Å². The molecule has 1 aliphatic heterocycles. The van der Waals surface area contributed by atoms with E-state index in [-0.39, 0.29) is 0 Å². The summed E-state index contributed by atoms with van der Waals surface area (Å²) in [7, 11) is 0. The first-order valence-electron chi connectivity index (χ1n) is 3.79.